The Balaban J connectivity index is 2.15. The lowest BCUT2D eigenvalue weighted by Gasteiger charge is -2.11. The largest absolute Gasteiger partial charge is 0.486 e. The highest BCUT2D eigenvalue weighted by Crippen LogP contribution is 2.33. The van der Waals surface area contributed by atoms with Gasteiger partial charge in [0.1, 0.15) is 18.1 Å². The second kappa shape index (κ2) is 7.33. The highest BCUT2D eigenvalue weighted by Gasteiger charge is 2.28. The highest BCUT2D eigenvalue weighted by molar-refractivity contribution is 6.02. The van der Waals surface area contributed by atoms with Crippen molar-refractivity contribution in [2.24, 2.45) is 11.5 Å². The van der Waals surface area contributed by atoms with Crippen molar-refractivity contribution in [2.75, 3.05) is 0 Å². The maximum absolute atomic E-state index is 13.3. The van der Waals surface area contributed by atoms with Crippen LogP contribution in [0.5, 0.6) is 5.75 Å². The molecule has 3 rings (SSSR count). The van der Waals surface area contributed by atoms with E-state index in [1.807, 2.05) is 30.3 Å². The first kappa shape index (κ1) is 18.2. The van der Waals surface area contributed by atoms with Crippen molar-refractivity contribution in [1.82, 2.24) is 4.57 Å². The third-order valence-electron chi connectivity index (χ3n) is 4.14. The van der Waals surface area contributed by atoms with Crippen molar-refractivity contribution in [3.8, 4) is 11.4 Å². The van der Waals surface area contributed by atoms with Gasteiger partial charge in [-0.3, -0.25) is 14.2 Å². The van der Waals surface area contributed by atoms with Crippen molar-refractivity contribution in [2.45, 2.75) is 13.5 Å². The molecule has 138 valence electrons. The number of carbonyl (C=O) groups is 2. The lowest BCUT2D eigenvalue weighted by molar-refractivity contribution is 0.0988. The van der Waals surface area contributed by atoms with E-state index in [9.17, 15) is 14.0 Å². The van der Waals surface area contributed by atoms with E-state index in [0.717, 1.165) is 5.56 Å². The van der Waals surface area contributed by atoms with E-state index in [4.69, 9.17) is 16.2 Å². The molecule has 0 saturated carbocycles. The number of hydrogen-bond acceptors (Lipinski definition) is 3. The summed E-state index contributed by atoms with van der Waals surface area (Å²) in [5.41, 5.74) is 12.8. The molecule has 0 fully saturated rings. The molecule has 2 aromatic carbocycles. The maximum atomic E-state index is 13.3. The van der Waals surface area contributed by atoms with Crippen LogP contribution in [0.2, 0.25) is 0 Å². The van der Waals surface area contributed by atoms with Crippen LogP contribution in [0.25, 0.3) is 5.69 Å². The predicted octanol–water partition coefficient (Wildman–Crippen LogP) is 2.70. The fourth-order valence-electron chi connectivity index (χ4n) is 2.94. The summed E-state index contributed by atoms with van der Waals surface area (Å²) in [5, 5.41) is 0. The number of benzene rings is 2. The fraction of sp³-hybridized carbons (Fsp3) is 0.100. The van der Waals surface area contributed by atoms with Gasteiger partial charge in [0.25, 0.3) is 11.8 Å². The second-order valence-electron chi connectivity index (χ2n) is 5.97. The molecule has 0 aliphatic rings. The van der Waals surface area contributed by atoms with Gasteiger partial charge in [-0.25, -0.2) is 4.39 Å². The number of aromatic nitrogens is 1. The number of amides is 2. The van der Waals surface area contributed by atoms with Gasteiger partial charge < -0.3 is 16.2 Å². The third-order valence-corrected chi connectivity index (χ3v) is 4.14. The number of rotatable bonds is 6. The van der Waals surface area contributed by atoms with Gasteiger partial charge in [0, 0.05) is 11.3 Å². The zero-order valence-electron chi connectivity index (χ0n) is 14.6. The van der Waals surface area contributed by atoms with E-state index >= 15 is 0 Å². The van der Waals surface area contributed by atoms with Crippen molar-refractivity contribution >= 4 is 11.8 Å². The van der Waals surface area contributed by atoms with Crippen LogP contribution in [-0.4, -0.2) is 16.4 Å². The average Bonchev–Trinajstić information content (AvgIpc) is 2.94. The Hall–Kier alpha value is -3.61. The quantitative estimate of drug-likeness (QED) is 0.700. The molecule has 0 spiro atoms. The van der Waals surface area contributed by atoms with Gasteiger partial charge in [0.05, 0.1) is 0 Å². The van der Waals surface area contributed by atoms with Gasteiger partial charge in [-0.2, -0.15) is 0 Å². The Morgan fingerprint density at radius 3 is 2.11 bits per heavy atom. The molecule has 0 aliphatic carbocycles. The molecule has 27 heavy (non-hydrogen) atoms. The Morgan fingerprint density at radius 1 is 0.963 bits per heavy atom. The van der Waals surface area contributed by atoms with Crippen molar-refractivity contribution in [3.63, 3.8) is 0 Å². The third kappa shape index (κ3) is 3.52. The Morgan fingerprint density at radius 2 is 1.56 bits per heavy atom. The summed E-state index contributed by atoms with van der Waals surface area (Å²) in [7, 11) is 0. The Bertz CT molecular complexity index is 996. The average molecular weight is 367 g/mol. The summed E-state index contributed by atoms with van der Waals surface area (Å²) in [6.07, 6.45) is 0. The smallest absolute Gasteiger partial charge is 0.269 e. The van der Waals surface area contributed by atoms with Gasteiger partial charge in [-0.15, -0.1) is 0 Å². The molecule has 3 aromatic rings. The molecule has 0 unspecified atom stereocenters. The SMILES string of the molecule is Cc1c(OCc2ccccc2)c(C(N)=O)n(-c2ccc(F)cc2)c1C(N)=O. The number of halogens is 1. The molecule has 1 heterocycles. The summed E-state index contributed by atoms with van der Waals surface area (Å²) in [4.78, 5) is 24.2. The van der Waals surface area contributed by atoms with Crippen LogP contribution in [0.1, 0.15) is 32.1 Å². The lowest BCUT2D eigenvalue weighted by Crippen LogP contribution is -2.22. The summed E-state index contributed by atoms with van der Waals surface area (Å²) in [6, 6.07) is 14.6. The molecule has 0 bridgehead atoms. The van der Waals surface area contributed by atoms with E-state index in [1.54, 1.807) is 6.92 Å². The lowest BCUT2D eigenvalue weighted by atomic mass is 10.2. The van der Waals surface area contributed by atoms with Crippen LogP contribution in [0.15, 0.2) is 54.6 Å². The van der Waals surface area contributed by atoms with E-state index in [2.05, 4.69) is 0 Å². The van der Waals surface area contributed by atoms with E-state index in [0.29, 0.717) is 11.3 Å². The molecule has 0 aliphatic heterocycles. The molecular weight excluding hydrogens is 349 g/mol. The van der Waals surface area contributed by atoms with E-state index in [-0.39, 0.29) is 23.7 Å². The van der Waals surface area contributed by atoms with Crippen LogP contribution in [-0.2, 0) is 6.61 Å². The topological polar surface area (TPSA) is 100 Å². The molecule has 0 saturated heterocycles. The molecule has 1 aromatic heterocycles. The van der Waals surface area contributed by atoms with Gasteiger partial charge in [0.15, 0.2) is 11.4 Å². The molecule has 4 N–H and O–H groups in total. The first-order valence-corrected chi connectivity index (χ1v) is 8.17. The van der Waals surface area contributed by atoms with Crippen LogP contribution in [0.4, 0.5) is 4.39 Å². The minimum absolute atomic E-state index is 0.0242. The van der Waals surface area contributed by atoms with Crippen LogP contribution in [0.3, 0.4) is 0 Å². The fourth-order valence-corrected chi connectivity index (χ4v) is 2.94. The summed E-state index contributed by atoms with van der Waals surface area (Å²) in [5.74, 6) is -1.83. The van der Waals surface area contributed by atoms with E-state index in [1.165, 1.54) is 28.8 Å². The van der Waals surface area contributed by atoms with Crippen molar-refractivity contribution in [1.29, 1.82) is 0 Å². The summed E-state index contributed by atoms with van der Waals surface area (Å²) >= 11 is 0. The summed E-state index contributed by atoms with van der Waals surface area (Å²) < 4.78 is 20.4. The number of nitrogens with zero attached hydrogens (tertiary/aromatic N) is 1. The number of nitrogens with two attached hydrogens (primary N) is 2. The zero-order chi connectivity index (χ0) is 19.6. The Kier molecular flexibility index (Phi) is 4.94. The van der Waals surface area contributed by atoms with Crippen LogP contribution in [0, 0.1) is 12.7 Å². The molecule has 0 atom stereocenters. The predicted molar refractivity (Wildman–Crippen MR) is 98.3 cm³/mol. The van der Waals surface area contributed by atoms with Crippen LogP contribution < -0.4 is 16.2 Å². The summed E-state index contributed by atoms with van der Waals surface area (Å²) in [6.45, 7) is 1.79. The molecule has 2 amide bonds. The minimum Gasteiger partial charge on any atom is -0.486 e. The second-order valence-corrected chi connectivity index (χ2v) is 5.97. The first-order chi connectivity index (χ1) is 12.9. The Labute approximate surface area is 155 Å². The zero-order valence-corrected chi connectivity index (χ0v) is 14.6. The van der Waals surface area contributed by atoms with Crippen LogP contribution >= 0.6 is 0 Å². The highest BCUT2D eigenvalue weighted by atomic mass is 19.1. The number of hydrogen-bond donors (Lipinski definition) is 2. The number of carbonyl (C=O) groups excluding carboxylic acids is 2. The van der Waals surface area contributed by atoms with Gasteiger partial charge in [0.2, 0.25) is 0 Å². The molecule has 7 heteroatoms. The standard InChI is InChI=1S/C20H18FN3O3/c1-12-16(19(22)25)24(15-9-7-14(21)8-10-15)17(20(23)26)18(12)27-11-13-5-3-2-4-6-13/h2-10H,11H2,1H3,(H2,22,25)(H2,23,26). The van der Waals surface area contributed by atoms with Gasteiger partial charge in [-0.1, -0.05) is 30.3 Å². The van der Waals surface area contributed by atoms with Crippen molar-refractivity contribution < 1.29 is 18.7 Å². The molecule has 0 radical (unpaired) electrons. The number of ether oxygens (including phenoxy) is 1. The van der Waals surface area contributed by atoms with Gasteiger partial charge >= 0.3 is 0 Å². The van der Waals surface area contributed by atoms with Gasteiger partial charge in [-0.05, 0) is 36.8 Å². The monoisotopic (exact) mass is 367 g/mol. The molecule has 6 nitrogen and oxygen atoms in total. The normalized spacial score (nSPS) is 10.6. The maximum Gasteiger partial charge on any atom is 0.269 e. The van der Waals surface area contributed by atoms with Crippen molar-refractivity contribution in [3.05, 3.63) is 82.9 Å². The first-order valence-electron chi connectivity index (χ1n) is 8.17. The number of primary amides is 2. The molecular formula is C20H18FN3O3. The van der Waals surface area contributed by atoms with E-state index < -0.39 is 17.6 Å². The minimum atomic E-state index is -0.794.